The lowest BCUT2D eigenvalue weighted by Gasteiger charge is -2.26. The smallest absolute Gasteiger partial charge is 0.170 e. The second kappa shape index (κ2) is 6.35. The molecule has 1 aliphatic heterocycles. The molecule has 0 aromatic carbocycles. The summed E-state index contributed by atoms with van der Waals surface area (Å²) in [5, 5.41) is 1.89. The minimum absolute atomic E-state index is 0.890. The summed E-state index contributed by atoms with van der Waals surface area (Å²) in [7, 11) is 4.00. The van der Waals surface area contributed by atoms with Crippen LogP contribution in [-0.2, 0) is 0 Å². The summed E-state index contributed by atoms with van der Waals surface area (Å²) in [6, 6.07) is 0. The van der Waals surface area contributed by atoms with Crippen LogP contribution in [0.25, 0.3) is 0 Å². The molecule has 1 heterocycles. The van der Waals surface area contributed by atoms with Gasteiger partial charge in [0.05, 0.1) is 5.03 Å². The van der Waals surface area contributed by atoms with Gasteiger partial charge in [-0.1, -0.05) is 19.2 Å². The van der Waals surface area contributed by atoms with Gasteiger partial charge in [-0.2, -0.15) is 0 Å². The van der Waals surface area contributed by atoms with Gasteiger partial charge in [0.1, 0.15) is 0 Å². The van der Waals surface area contributed by atoms with Crippen molar-refractivity contribution in [1.82, 2.24) is 9.80 Å². The van der Waals surface area contributed by atoms with Crippen molar-refractivity contribution in [2.24, 2.45) is 4.99 Å². The summed E-state index contributed by atoms with van der Waals surface area (Å²) < 4.78 is 0. The Morgan fingerprint density at radius 1 is 1.65 bits per heavy atom. The Balaban J connectivity index is 2.69. The average Bonchev–Trinajstić information content (AvgIpc) is 2.33. The molecule has 3 nitrogen and oxygen atoms in total. The molecule has 0 bridgehead atoms. The maximum atomic E-state index is 4.34. The number of allylic oxidation sites excluding steroid dienone is 2. The third-order valence-corrected chi connectivity index (χ3v) is 3.58. The van der Waals surface area contributed by atoms with E-state index in [1.165, 1.54) is 0 Å². The van der Waals surface area contributed by atoms with Gasteiger partial charge in [-0.05, 0) is 30.8 Å². The van der Waals surface area contributed by atoms with Crippen LogP contribution in [0, 0.1) is 0 Å². The zero-order chi connectivity index (χ0) is 12.8. The summed E-state index contributed by atoms with van der Waals surface area (Å²) in [4.78, 5) is 8.43. The molecule has 4 heteroatoms. The highest BCUT2D eigenvalue weighted by Gasteiger charge is 2.13. The molecule has 92 valence electrons. The van der Waals surface area contributed by atoms with Gasteiger partial charge < -0.3 is 9.80 Å². The molecule has 1 aliphatic rings. The van der Waals surface area contributed by atoms with Crippen molar-refractivity contribution < 1.29 is 0 Å². The number of amidine groups is 1. The molecule has 0 saturated carbocycles. The van der Waals surface area contributed by atoms with Gasteiger partial charge in [-0.3, -0.25) is 0 Å². The van der Waals surface area contributed by atoms with Gasteiger partial charge in [0.2, 0.25) is 0 Å². The van der Waals surface area contributed by atoms with Gasteiger partial charge >= 0.3 is 0 Å². The molecule has 0 unspecified atom stereocenters. The first-order chi connectivity index (χ1) is 8.10. The second-order valence-corrected chi connectivity index (χ2v) is 4.69. The topological polar surface area (TPSA) is 18.8 Å². The Labute approximate surface area is 108 Å². The van der Waals surface area contributed by atoms with E-state index >= 15 is 0 Å². The quantitative estimate of drug-likeness (QED) is 0.714. The Kier molecular flexibility index (Phi) is 5.10. The van der Waals surface area contributed by atoms with Crippen molar-refractivity contribution >= 4 is 16.9 Å². The highest BCUT2D eigenvalue weighted by molar-refractivity contribution is 8.17. The predicted molar refractivity (Wildman–Crippen MR) is 77.7 cm³/mol. The summed E-state index contributed by atoms with van der Waals surface area (Å²) >= 11 is 1.56. The first-order valence-electron chi connectivity index (χ1n) is 5.43. The fourth-order valence-electron chi connectivity index (χ4n) is 1.37. The van der Waals surface area contributed by atoms with Crippen molar-refractivity contribution in [3.05, 3.63) is 48.3 Å². The van der Waals surface area contributed by atoms with Crippen LogP contribution in [0.5, 0.6) is 0 Å². The molecule has 0 amide bonds. The summed E-state index contributed by atoms with van der Waals surface area (Å²) in [5.74, 6) is 0. The van der Waals surface area contributed by atoms with E-state index in [2.05, 4.69) is 23.1 Å². The van der Waals surface area contributed by atoms with Crippen LogP contribution < -0.4 is 0 Å². The molecule has 0 aromatic rings. The molecular weight excluding hydrogens is 230 g/mol. The summed E-state index contributed by atoms with van der Waals surface area (Å²) in [5.41, 5.74) is 1.04. The van der Waals surface area contributed by atoms with E-state index in [1.807, 2.05) is 50.3 Å². The van der Waals surface area contributed by atoms with E-state index < -0.39 is 0 Å². The Morgan fingerprint density at radius 2 is 2.35 bits per heavy atom. The number of rotatable bonds is 4. The van der Waals surface area contributed by atoms with Crippen LogP contribution in [0.4, 0.5) is 0 Å². The van der Waals surface area contributed by atoms with E-state index in [0.717, 1.165) is 22.4 Å². The standard InChI is InChI=1S/C13H19N3S/c1-6-12(7-2)16(5)11(3)17-13-14-9-8-10-15(13)4/h6-9H,1,3,10H2,2,4-5H3/b12-7-. The zero-order valence-corrected chi connectivity index (χ0v) is 11.5. The highest BCUT2D eigenvalue weighted by Crippen LogP contribution is 2.24. The summed E-state index contributed by atoms with van der Waals surface area (Å²) in [6.45, 7) is 10.7. The fourth-order valence-corrected chi connectivity index (χ4v) is 2.17. The number of hydrogen-bond acceptors (Lipinski definition) is 4. The number of aliphatic imine (C=N–C) groups is 1. The molecular formula is C13H19N3S. The Bertz CT molecular complexity index is 393. The Morgan fingerprint density at radius 3 is 2.88 bits per heavy atom. The lowest BCUT2D eigenvalue weighted by atomic mass is 10.4. The number of likely N-dealkylation sites (N-methyl/N-ethyl adjacent to an activating group) is 2. The predicted octanol–water partition coefficient (Wildman–Crippen LogP) is 3.03. The van der Waals surface area contributed by atoms with Crippen molar-refractivity contribution in [2.45, 2.75) is 6.92 Å². The van der Waals surface area contributed by atoms with Crippen LogP contribution in [-0.4, -0.2) is 35.6 Å². The third kappa shape index (κ3) is 3.53. The van der Waals surface area contributed by atoms with Crippen LogP contribution in [0.3, 0.4) is 0 Å². The van der Waals surface area contributed by atoms with Gasteiger partial charge in [0, 0.05) is 32.5 Å². The molecule has 0 radical (unpaired) electrons. The van der Waals surface area contributed by atoms with Gasteiger partial charge in [-0.15, -0.1) is 0 Å². The molecule has 1 rings (SSSR count). The highest BCUT2D eigenvalue weighted by atomic mass is 32.2. The van der Waals surface area contributed by atoms with E-state index in [-0.39, 0.29) is 0 Å². The molecule has 0 atom stereocenters. The maximum Gasteiger partial charge on any atom is 0.170 e. The molecule has 0 N–H and O–H groups in total. The average molecular weight is 249 g/mol. The Hall–Kier alpha value is -1.42. The van der Waals surface area contributed by atoms with Crippen molar-refractivity contribution in [3.8, 4) is 0 Å². The lowest BCUT2D eigenvalue weighted by molar-refractivity contribution is 0.563. The van der Waals surface area contributed by atoms with Crippen LogP contribution in [0.1, 0.15) is 6.92 Å². The number of hydrogen-bond donors (Lipinski definition) is 0. The van der Waals surface area contributed by atoms with Crippen molar-refractivity contribution in [1.29, 1.82) is 0 Å². The monoisotopic (exact) mass is 249 g/mol. The largest absolute Gasteiger partial charge is 0.350 e. The first kappa shape index (κ1) is 13.6. The molecule has 0 aromatic heterocycles. The SMILES string of the molecule is C=C/C(=C/C)N(C)C(=C)SC1=NC=CCN1C. The maximum absolute atomic E-state index is 4.34. The normalized spacial score (nSPS) is 15.6. The van der Waals surface area contributed by atoms with Crippen LogP contribution in [0.2, 0.25) is 0 Å². The van der Waals surface area contributed by atoms with Crippen molar-refractivity contribution in [3.63, 3.8) is 0 Å². The van der Waals surface area contributed by atoms with Gasteiger partial charge in [-0.25, -0.2) is 4.99 Å². The third-order valence-electron chi connectivity index (χ3n) is 2.47. The fraction of sp³-hybridized carbons (Fsp3) is 0.308. The van der Waals surface area contributed by atoms with Crippen LogP contribution >= 0.6 is 11.8 Å². The van der Waals surface area contributed by atoms with Gasteiger partial charge in [0.25, 0.3) is 0 Å². The van der Waals surface area contributed by atoms with E-state index in [9.17, 15) is 0 Å². The van der Waals surface area contributed by atoms with Crippen molar-refractivity contribution in [2.75, 3.05) is 20.6 Å². The first-order valence-corrected chi connectivity index (χ1v) is 6.25. The zero-order valence-electron chi connectivity index (χ0n) is 10.7. The molecule has 0 saturated heterocycles. The lowest BCUT2D eigenvalue weighted by Crippen LogP contribution is -2.27. The molecule has 17 heavy (non-hydrogen) atoms. The molecule has 0 fully saturated rings. The number of nitrogens with zero attached hydrogens (tertiary/aromatic N) is 3. The molecule has 0 spiro atoms. The second-order valence-electron chi connectivity index (χ2n) is 3.65. The van der Waals surface area contributed by atoms with E-state index in [1.54, 1.807) is 11.8 Å². The number of thioether (sulfide) groups is 1. The van der Waals surface area contributed by atoms with E-state index in [0.29, 0.717) is 0 Å². The minimum Gasteiger partial charge on any atom is -0.350 e. The summed E-state index contributed by atoms with van der Waals surface area (Å²) in [6.07, 6.45) is 7.68. The van der Waals surface area contributed by atoms with Gasteiger partial charge in [0.15, 0.2) is 5.17 Å². The van der Waals surface area contributed by atoms with E-state index in [4.69, 9.17) is 0 Å². The van der Waals surface area contributed by atoms with Crippen LogP contribution in [0.15, 0.2) is 53.3 Å². The minimum atomic E-state index is 0.890. The molecule has 0 aliphatic carbocycles.